The molecule has 1 atom stereocenters. The lowest BCUT2D eigenvalue weighted by atomic mass is 9.80. The largest absolute Gasteiger partial charge is 0.314 e. The van der Waals surface area contributed by atoms with Gasteiger partial charge in [-0.1, -0.05) is 64.4 Å². The lowest BCUT2D eigenvalue weighted by Crippen LogP contribution is -2.35. The van der Waals surface area contributed by atoms with Crippen molar-refractivity contribution in [3.05, 3.63) is 35.9 Å². The molecule has 0 saturated heterocycles. The van der Waals surface area contributed by atoms with Crippen LogP contribution >= 0.6 is 0 Å². The van der Waals surface area contributed by atoms with Crippen LogP contribution in [-0.4, -0.2) is 12.6 Å². The van der Waals surface area contributed by atoms with Crippen molar-refractivity contribution >= 4 is 0 Å². The van der Waals surface area contributed by atoms with Gasteiger partial charge in [0.2, 0.25) is 0 Å². The molecular weight excluding hydrogens is 230 g/mol. The molecule has 0 bridgehead atoms. The second-order valence-electron chi connectivity index (χ2n) is 6.44. The van der Waals surface area contributed by atoms with E-state index in [0.717, 1.165) is 6.54 Å². The molecule has 0 radical (unpaired) electrons. The fourth-order valence-electron chi connectivity index (χ4n) is 2.72. The van der Waals surface area contributed by atoms with Gasteiger partial charge in [0.1, 0.15) is 0 Å². The second kappa shape index (κ2) is 8.37. The zero-order valence-electron chi connectivity index (χ0n) is 13.2. The van der Waals surface area contributed by atoms with Crippen molar-refractivity contribution in [1.29, 1.82) is 0 Å². The Morgan fingerprint density at radius 2 is 1.79 bits per heavy atom. The van der Waals surface area contributed by atoms with E-state index in [1.807, 2.05) is 0 Å². The van der Waals surface area contributed by atoms with Crippen LogP contribution in [0, 0.1) is 5.41 Å². The first-order valence-corrected chi connectivity index (χ1v) is 7.83. The number of benzene rings is 1. The molecule has 1 aromatic rings. The smallest absolute Gasteiger partial charge is 0.00106 e. The van der Waals surface area contributed by atoms with E-state index < -0.39 is 0 Å². The van der Waals surface area contributed by atoms with Crippen LogP contribution < -0.4 is 5.32 Å². The quantitative estimate of drug-likeness (QED) is 0.672. The van der Waals surface area contributed by atoms with Crippen LogP contribution in [0.1, 0.15) is 58.9 Å². The van der Waals surface area contributed by atoms with Crippen molar-refractivity contribution in [2.45, 2.75) is 65.8 Å². The molecule has 1 N–H and O–H groups in total. The summed E-state index contributed by atoms with van der Waals surface area (Å²) in [5.74, 6) is 0. The minimum absolute atomic E-state index is 0.452. The third-order valence-corrected chi connectivity index (χ3v) is 3.88. The Kier molecular flexibility index (Phi) is 7.15. The molecule has 1 aromatic carbocycles. The first kappa shape index (κ1) is 16.2. The van der Waals surface area contributed by atoms with Gasteiger partial charge < -0.3 is 5.32 Å². The molecule has 1 nitrogen and oxygen atoms in total. The van der Waals surface area contributed by atoms with Crippen molar-refractivity contribution in [3.8, 4) is 0 Å². The Bertz CT molecular complexity index is 331. The first-order chi connectivity index (χ1) is 9.06. The maximum atomic E-state index is 3.62. The standard InChI is InChI=1S/C18H31N/c1-5-13-18(4,15-19-16(2)3)14-9-12-17-10-7-6-8-11-17/h6-8,10-11,16,19H,5,9,12-15H2,1-4H3. The van der Waals surface area contributed by atoms with Crippen LogP contribution in [0.4, 0.5) is 0 Å². The Labute approximate surface area is 119 Å². The molecule has 1 unspecified atom stereocenters. The average molecular weight is 261 g/mol. The lowest BCUT2D eigenvalue weighted by molar-refractivity contribution is 0.242. The molecule has 1 rings (SSSR count). The highest BCUT2D eigenvalue weighted by molar-refractivity contribution is 5.14. The lowest BCUT2D eigenvalue weighted by Gasteiger charge is -2.31. The summed E-state index contributed by atoms with van der Waals surface area (Å²) in [6.45, 7) is 10.3. The Balaban J connectivity index is 2.40. The molecule has 0 aliphatic carbocycles. The number of aryl methyl sites for hydroxylation is 1. The summed E-state index contributed by atoms with van der Waals surface area (Å²) in [5.41, 5.74) is 1.92. The third-order valence-electron chi connectivity index (χ3n) is 3.88. The van der Waals surface area contributed by atoms with E-state index in [0.29, 0.717) is 11.5 Å². The first-order valence-electron chi connectivity index (χ1n) is 7.83. The minimum atomic E-state index is 0.452. The van der Waals surface area contributed by atoms with E-state index in [-0.39, 0.29) is 0 Å². The fraction of sp³-hybridized carbons (Fsp3) is 0.667. The molecule has 0 aliphatic heterocycles. The predicted molar refractivity (Wildman–Crippen MR) is 85.5 cm³/mol. The molecule has 0 saturated carbocycles. The highest BCUT2D eigenvalue weighted by atomic mass is 14.9. The predicted octanol–water partition coefficient (Wildman–Crippen LogP) is 4.81. The summed E-state index contributed by atoms with van der Waals surface area (Å²) in [6, 6.07) is 11.4. The molecule has 0 aliphatic rings. The van der Waals surface area contributed by atoms with Gasteiger partial charge in [0.05, 0.1) is 0 Å². The highest BCUT2D eigenvalue weighted by Gasteiger charge is 2.22. The Morgan fingerprint density at radius 1 is 1.11 bits per heavy atom. The van der Waals surface area contributed by atoms with Crippen LogP contribution in [0.25, 0.3) is 0 Å². The van der Waals surface area contributed by atoms with Crippen LogP contribution in [0.15, 0.2) is 30.3 Å². The van der Waals surface area contributed by atoms with Crippen LogP contribution in [0.3, 0.4) is 0 Å². The molecule has 0 heterocycles. The van der Waals surface area contributed by atoms with Gasteiger partial charge in [0.25, 0.3) is 0 Å². The summed E-state index contributed by atoms with van der Waals surface area (Å²) in [4.78, 5) is 0. The molecule has 0 spiro atoms. The summed E-state index contributed by atoms with van der Waals surface area (Å²) >= 11 is 0. The number of hydrogen-bond donors (Lipinski definition) is 1. The average Bonchev–Trinajstić information content (AvgIpc) is 2.38. The maximum absolute atomic E-state index is 3.62. The zero-order valence-corrected chi connectivity index (χ0v) is 13.2. The zero-order chi connectivity index (χ0) is 14.1. The van der Waals surface area contributed by atoms with Crippen molar-refractivity contribution in [2.24, 2.45) is 5.41 Å². The number of hydrogen-bond acceptors (Lipinski definition) is 1. The van der Waals surface area contributed by atoms with Crippen molar-refractivity contribution in [2.75, 3.05) is 6.54 Å². The van der Waals surface area contributed by atoms with Gasteiger partial charge in [0, 0.05) is 12.6 Å². The number of rotatable bonds is 9. The van der Waals surface area contributed by atoms with E-state index in [4.69, 9.17) is 0 Å². The van der Waals surface area contributed by atoms with Gasteiger partial charge in [-0.3, -0.25) is 0 Å². The number of nitrogens with one attached hydrogen (secondary N) is 1. The van der Waals surface area contributed by atoms with Gasteiger partial charge in [-0.25, -0.2) is 0 Å². The molecule has 19 heavy (non-hydrogen) atoms. The monoisotopic (exact) mass is 261 g/mol. The van der Waals surface area contributed by atoms with Crippen molar-refractivity contribution in [3.63, 3.8) is 0 Å². The molecule has 1 heteroatoms. The molecule has 0 amide bonds. The van der Waals surface area contributed by atoms with E-state index in [1.165, 1.54) is 37.7 Å². The second-order valence-corrected chi connectivity index (χ2v) is 6.44. The van der Waals surface area contributed by atoms with Gasteiger partial charge >= 0.3 is 0 Å². The minimum Gasteiger partial charge on any atom is -0.314 e. The van der Waals surface area contributed by atoms with Crippen LogP contribution in [-0.2, 0) is 6.42 Å². The fourth-order valence-corrected chi connectivity index (χ4v) is 2.72. The summed E-state index contributed by atoms with van der Waals surface area (Å²) in [6.07, 6.45) is 6.42. The Morgan fingerprint density at radius 3 is 2.37 bits per heavy atom. The summed E-state index contributed by atoms with van der Waals surface area (Å²) in [5, 5.41) is 3.62. The maximum Gasteiger partial charge on any atom is 0.00106 e. The SMILES string of the molecule is CCCC(C)(CCCc1ccccc1)CNC(C)C. The van der Waals surface area contributed by atoms with Gasteiger partial charge in [0.15, 0.2) is 0 Å². The Hall–Kier alpha value is -0.820. The summed E-state index contributed by atoms with van der Waals surface area (Å²) < 4.78 is 0. The molecule has 108 valence electrons. The van der Waals surface area contributed by atoms with Crippen LogP contribution in [0.2, 0.25) is 0 Å². The van der Waals surface area contributed by atoms with Gasteiger partial charge in [-0.05, 0) is 36.7 Å². The van der Waals surface area contributed by atoms with E-state index in [9.17, 15) is 0 Å². The summed E-state index contributed by atoms with van der Waals surface area (Å²) in [7, 11) is 0. The molecule has 0 fully saturated rings. The normalized spacial score (nSPS) is 14.6. The third kappa shape index (κ3) is 6.77. The van der Waals surface area contributed by atoms with E-state index in [1.54, 1.807) is 0 Å². The van der Waals surface area contributed by atoms with Crippen molar-refractivity contribution in [1.82, 2.24) is 5.32 Å². The van der Waals surface area contributed by atoms with Gasteiger partial charge in [-0.15, -0.1) is 0 Å². The van der Waals surface area contributed by atoms with Gasteiger partial charge in [-0.2, -0.15) is 0 Å². The highest BCUT2D eigenvalue weighted by Crippen LogP contribution is 2.29. The van der Waals surface area contributed by atoms with Crippen molar-refractivity contribution < 1.29 is 0 Å². The molecular formula is C18H31N. The topological polar surface area (TPSA) is 12.0 Å². The van der Waals surface area contributed by atoms with Crippen LogP contribution in [0.5, 0.6) is 0 Å². The van der Waals surface area contributed by atoms with E-state index in [2.05, 4.69) is 63.3 Å². The van der Waals surface area contributed by atoms with E-state index >= 15 is 0 Å². The molecule has 0 aromatic heterocycles.